The molecule has 0 atom stereocenters. The van der Waals surface area contributed by atoms with Crippen LogP contribution >= 0.6 is 23.2 Å². The fourth-order valence-electron chi connectivity index (χ4n) is 8.42. The number of primary amides is 1. The quantitative estimate of drug-likeness (QED) is 0.0606. The number of aromatic carboxylic acids is 1. The lowest BCUT2D eigenvalue weighted by Crippen LogP contribution is -2.27. The third-order valence-corrected chi connectivity index (χ3v) is 12.7. The summed E-state index contributed by atoms with van der Waals surface area (Å²) in [7, 11) is 0. The summed E-state index contributed by atoms with van der Waals surface area (Å²) in [6.45, 7) is 0.637. The number of aromatic nitrogens is 4. The van der Waals surface area contributed by atoms with Gasteiger partial charge in [0.2, 0.25) is 5.91 Å². The molecule has 1 amide bonds. The second-order valence-corrected chi connectivity index (χ2v) is 18.0. The van der Waals surface area contributed by atoms with E-state index in [0.29, 0.717) is 80.7 Å². The van der Waals surface area contributed by atoms with E-state index >= 15 is 0 Å². The van der Waals surface area contributed by atoms with Gasteiger partial charge in [0.1, 0.15) is 23.3 Å². The van der Waals surface area contributed by atoms with Gasteiger partial charge in [-0.05, 0) is 148 Å². The zero-order chi connectivity index (χ0) is 46.7. The molecule has 8 rings (SSSR count). The zero-order valence-corrected chi connectivity index (χ0v) is 37.8. The maximum atomic E-state index is 13.5. The second kappa shape index (κ2) is 22.4. The van der Waals surface area contributed by atoms with Gasteiger partial charge in [-0.25, -0.2) is 23.5 Å². The van der Waals surface area contributed by atoms with Crippen molar-refractivity contribution in [1.82, 2.24) is 19.9 Å². The molecule has 0 saturated heterocycles. The van der Waals surface area contributed by atoms with E-state index in [9.17, 15) is 23.5 Å². The van der Waals surface area contributed by atoms with Crippen molar-refractivity contribution >= 4 is 46.7 Å². The number of nitrogens with two attached hydrogens (primary N) is 3. The largest absolute Gasteiger partial charge is 0.478 e. The van der Waals surface area contributed by atoms with Crippen LogP contribution in [0.25, 0.3) is 22.5 Å². The van der Waals surface area contributed by atoms with Crippen LogP contribution in [0.3, 0.4) is 0 Å². The summed E-state index contributed by atoms with van der Waals surface area (Å²) in [5.41, 5.74) is 23.6. The number of benzene rings is 2. The van der Waals surface area contributed by atoms with E-state index in [0.717, 1.165) is 86.7 Å². The molecule has 0 aliphatic heterocycles. The monoisotopic (exact) mass is 935 g/mol. The molecule has 2 saturated carbocycles. The van der Waals surface area contributed by atoms with Crippen molar-refractivity contribution in [2.75, 3.05) is 10.6 Å². The number of nitrogens with one attached hydrogen (secondary N) is 2. The maximum Gasteiger partial charge on any atom is 0.335 e. The summed E-state index contributed by atoms with van der Waals surface area (Å²) < 4.78 is 27.0. The van der Waals surface area contributed by atoms with Gasteiger partial charge in [-0.15, -0.1) is 0 Å². The Balaban J connectivity index is 0.000000196. The van der Waals surface area contributed by atoms with Crippen molar-refractivity contribution in [2.24, 2.45) is 29.0 Å². The molecular formula is C50H53Cl2F2N9O3. The number of pyridine rings is 4. The Kier molecular flexibility index (Phi) is 16.3. The van der Waals surface area contributed by atoms with E-state index < -0.39 is 11.9 Å². The summed E-state index contributed by atoms with van der Waals surface area (Å²) in [5, 5.41) is 16.7. The van der Waals surface area contributed by atoms with Gasteiger partial charge in [-0.1, -0.05) is 47.5 Å². The molecule has 2 fully saturated rings. The molecule has 0 bridgehead atoms. The number of nitrogens with zero attached hydrogens (tertiary/aromatic N) is 4. The van der Waals surface area contributed by atoms with E-state index in [2.05, 4.69) is 30.6 Å². The Hall–Kier alpha value is -6.06. The number of carboxylic acids is 1. The number of carbonyl (C=O) groups excluding carboxylic acids is 1. The third-order valence-electron chi connectivity index (χ3n) is 12.1. The lowest BCUT2D eigenvalue weighted by atomic mass is 9.83. The average molecular weight is 937 g/mol. The molecule has 0 unspecified atom stereocenters. The first-order valence-corrected chi connectivity index (χ1v) is 22.8. The highest BCUT2D eigenvalue weighted by atomic mass is 35.5. The number of carbonyl (C=O) groups is 2. The van der Waals surface area contributed by atoms with Crippen LogP contribution in [0.5, 0.6) is 0 Å². The van der Waals surface area contributed by atoms with Crippen LogP contribution < -0.4 is 27.8 Å². The van der Waals surface area contributed by atoms with Crippen molar-refractivity contribution in [2.45, 2.75) is 89.4 Å². The molecule has 344 valence electrons. The van der Waals surface area contributed by atoms with Crippen molar-refractivity contribution in [3.05, 3.63) is 153 Å². The molecule has 2 aromatic carbocycles. The molecule has 2 aliphatic carbocycles. The molecule has 6 aromatic rings. The number of rotatable bonds is 14. The molecular weight excluding hydrogens is 884 g/mol. The van der Waals surface area contributed by atoms with E-state index in [-0.39, 0.29) is 23.2 Å². The minimum absolute atomic E-state index is 0.0810. The summed E-state index contributed by atoms with van der Waals surface area (Å²) >= 11 is 12.9. The minimum atomic E-state index is -1.07. The van der Waals surface area contributed by atoms with E-state index in [1.165, 1.54) is 36.4 Å². The van der Waals surface area contributed by atoms with E-state index in [1.54, 1.807) is 48.8 Å². The fourth-order valence-corrected chi connectivity index (χ4v) is 8.82. The van der Waals surface area contributed by atoms with E-state index in [1.807, 2.05) is 12.1 Å². The number of carboxylic acid groups (broad SMARTS) is 1. The van der Waals surface area contributed by atoms with Crippen LogP contribution in [-0.2, 0) is 25.9 Å². The Morgan fingerprint density at radius 3 is 1.45 bits per heavy atom. The van der Waals surface area contributed by atoms with Gasteiger partial charge < -0.3 is 32.9 Å². The van der Waals surface area contributed by atoms with Gasteiger partial charge in [0, 0.05) is 65.6 Å². The van der Waals surface area contributed by atoms with Crippen molar-refractivity contribution in [1.29, 1.82) is 0 Å². The Morgan fingerprint density at radius 1 is 0.621 bits per heavy atom. The molecule has 2 aliphatic rings. The van der Waals surface area contributed by atoms with Crippen LogP contribution in [0.1, 0.15) is 94.6 Å². The van der Waals surface area contributed by atoms with Gasteiger partial charge in [0.05, 0.1) is 27.0 Å². The molecule has 0 radical (unpaired) electrons. The van der Waals surface area contributed by atoms with Crippen molar-refractivity contribution < 1.29 is 23.5 Å². The molecule has 4 aromatic heterocycles. The molecule has 66 heavy (non-hydrogen) atoms. The first-order chi connectivity index (χ1) is 31.7. The van der Waals surface area contributed by atoms with Gasteiger partial charge in [-0.2, -0.15) is 0 Å². The highest BCUT2D eigenvalue weighted by molar-refractivity contribution is 6.33. The number of hydrogen-bond donors (Lipinski definition) is 6. The smallest absolute Gasteiger partial charge is 0.335 e. The number of amides is 1. The van der Waals surface area contributed by atoms with Gasteiger partial charge in [0.15, 0.2) is 0 Å². The topological polar surface area (TPSA) is 208 Å². The van der Waals surface area contributed by atoms with E-state index in [4.69, 9.17) is 40.4 Å². The fraction of sp³-hybridized carbons (Fsp3) is 0.320. The first-order valence-electron chi connectivity index (χ1n) is 22.1. The third kappa shape index (κ3) is 13.5. The van der Waals surface area contributed by atoms with Crippen LogP contribution in [0.15, 0.2) is 97.3 Å². The summed E-state index contributed by atoms with van der Waals surface area (Å²) in [4.78, 5) is 41.9. The zero-order valence-electron chi connectivity index (χ0n) is 36.3. The van der Waals surface area contributed by atoms with Crippen LogP contribution in [0.2, 0.25) is 10.0 Å². The highest BCUT2D eigenvalue weighted by Gasteiger charge is 2.22. The highest BCUT2D eigenvalue weighted by Crippen LogP contribution is 2.34. The van der Waals surface area contributed by atoms with Gasteiger partial charge >= 0.3 is 5.97 Å². The normalized spacial score (nSPS) is 18.2. The molecule has 4 heterocycles. The van der Waals surface area contributed by atoms with Crippen LogP contribution in [0, 0.1) is 23.5 Å². The minimum Gasteiger partial charge on any atom is -0.478 e. The first kappa shape index (κ1) is 47.9. The molecule has 16 heteroatoms. The standard InChI is InChI=1S/C25H27ClFN5O.C25H26ClFN4O2/c26-22-14-30-20(9-15-4-6-19(28)7-5-15)12-21(22)23-10-17(25(29)33)11-24(32-23)31-13-16-2-1-3-18(27)8-16;26-22-14-29-20(9-15-4-6-19(28)7-5-15)12-21(22)23-10-17(25(32)33)11-24(31-23)30-13-16-2-1-3-18(27)8-16/h1-3,8,10-12,14-15,19H,4-7,9,13,28H2,(H2,29,33)(H,31,32);1-3,8,10-12,14-15,19H,4-7,9,13,28H2,(H,30,31)(H,32,33). The molecule has 12 nitrogen and oxygen atoms in total. The SMILES string of the molecule is NC(=O)c1cc(NCc2cccc(F)c2)nc(-c2cc(CC3CCC(N)CC3)ncc2Cl)c1.NC1CCC(Cc2cc(-c3cc(C(=O)O)cc(NCc4cccc(F)c4)n3)c(Cl)cn2)CC1. The summed E-state index contributed by atoms with van der Waals surface area (Å²) in [5.74, 6) is -0.421. The molecule has 0 spiro atoms. The number of hydrogen-bond acceptors (Lipinski definition) is 10. The number of anilines is 2. The predicted molar refractivity (Wildman–Crippen MR) is 255 cm³/mol. The Labute approximate surface area is 392 Å². The number of halogens is 4. The van der Waals surface area contributed by atoms with Crippen molar-refractivity contribution in [3.8, 4) is 22.5 Å². The van der Waals surface area contributed by atoms with Crippen LogP contribution in [0.4, 0.5) is 20.4 Å². The van der Waals surface area contributed by atoms with Gasteiger partial charge in [-0.3, -0.25) is 14.8 Å². The van der Waals surface area contributed by atoms with Crippen molar-refractivity contribution in [3.63, 3.8) is 0 Å². The lowest BCUT2D eigenvalue weighted by Gasteiger charge is -2.25. The Morgan fingerprint density at radius 2 is 1.05 bits per heavy atom. The average Bonchev–Trinajstić information content (AvgIpc) is 3.30. The van der Waals surface area contributed by atoms with Gasteiger partial charge in [0.25, 0.3) is 0 Å². The van der Waals surface area contributed by atoms with Crippen LogP contribution in [-0.4, -0.2) is 49.0 Å². The predicted octanol–water partition coefficient (Wildman–Crippen LogP) is 10.0. The maximum absolute atomic E-state index is 13.5. The Bertz CT molecular complexity index is 2480. The summed E-state index contributed by atoms with van der Waals surface area (Å²) in [6, 6.07) is 23.0. The molecule has 9 N–H and O–H groups in total. The lowest BCUT2D eigenvalue weighted by molar-refractivity contribution is 0.0696. The summed E-state index contributed by atoms with van der Waals surface area (Å²) in [6.07, 6.45) is 13.3. The second-order valence-electron chi connectivity index (χ2n) is 17.2.